The molecule has 6 heteroatoms. The molecule has 4 aromatic rings. The highest BCUT2D eigenvalue weighted by atomic mass is 16.3. The molecule has 3 aromatic heterocycles. The number of aryl methyl sites for hydroxylation is 2. The summed E-state index contributed by atoms with van der Waals surface area (Å²) in [6, 6.07) is 7.95. The van der Waals surface area contributed by atoms with Gasteiger partial charge in [0, 0.05) is 39.9 Å². The van der Waals surface area contributed by atoms with Gasteiger partial charge in [0.2, 0.25) is 5.71 Å². The molecular weight excluding hydrogens is 314 g/mol. The molecular formula is C19H17N5O. The van der Waals surface area contributed by atoms with Crippen LogP contribution < -0.4 is 9.80 Å². The fourth-order valence-corrected chi connectivity index (χ4v) is 3.39. The lowest BCUT2D eigenvalue weighted by Gasteiger charge is -2.20. The Kier molecular flexibility index (Phi) is 2.25. The highest BCUT2D eigenvalue weighted by Crippen LogP contribution is 2.43. The van der Waals surface area contributed by atoms with Crippen LogP contribution in [-0.2, 0) is 0 Å². The number of benzene rings is 1. The zero-order valence-electron chi connectivity index (χ0n) is 16.8. The third-order valence-corrected chi connectivity index (χ3v) is 4.55. The number of hydrogen-bond acceptors (Lipinski definition) is 6. The summed E-state index contributed by atoms with van der Waals surface area (Å²) >= 11 is 0. The molecule has 0 N–H and O–H groups in total. The van der Waals surface area contributed by atoms with Crippen molar-refractivity contribution < 1.29 is 8.53 Å². The van der Waals surface area contributed by atoms with E-state index in [2.05, 4.69) is 15.0 Å². The van der Waals surface area contributed by atoms with E-state index in [4.69, 9.17) is 8.53 Å². The second kappa shape index (κ2) is 4.92. The summed E-state index contributed by atoms with van der Waals surface area (Å²) in [5.41, 5.74) is 3.83. The second-order valence-corrected chi connectivity index (χ2v) is 6.22. The van der Waals surface area contributed by atoms with E-state index in [0.29, 0.717) is 22.9 Å². The van der Waals surface area contributed by atoms with Crippen LogP contribution in [0.1, 0.15) is 15.4 Å². The molecule has 1 aromatic carbocycles. The van der Waals surface area contributed by atoms with Gasteiger partial charge in [-0.05, 0) is 31.5 Å². The van der Waals surface area contributed by atoms with Gasteiger partial charge in [0.05, 0.1) is 12.4 Å². The molecule has 4 heterocycles. The minimum Gasteiger partial charge on any atom is -0.435 e. The smallest absolute Gasteiger partial charge is 0.227 e. The van der Waals surface area contributed by atoms with Crippen LogP contribution in [0.2, 0.25) is 0 Å². The lowest BCUT2D eigenvalue weighted by Crippen LogP contribution is -2.25. The maximum Gasteiger partial charge on any atom is 0.227 e. The van der Waals surface area contributed by atoms with Crippen LogP contribution in [-0.4, -0.2) is 28.6 Å². The number of nitrogens with zero attached hydrogens (tertiary/aromatic N) is 5. The van der Waals surface area contributed by atoms with E-state index >= 15 is 0 Å². The first-order chi connectivity index (χ1) is 13.3. The van der Waals surface area contributed by atoms with Crippen molar-refractivity contribution in [2.45, 2.75) is 13.8 Å². The van der Waals surface area contributed by atoms with Crippen LogP contribution in [0.15, 0.2) is 41.1 Å². The van der Waals surface area contributed by atoms with Crippen LogP contribution in [0.25, 0.3) is 22.1 Å². The van der Waals surface area contributed by atoms with E-state index in [0.717, 1.165) is 27.7 Å². The van der Waals surface area contributed by atoms with Gasteiger partial charge in [-0.2, -0.15) is 0 Å². The van der Waals surface area contributed by atoms with E-state index in [9.17, 15) is 0 Å². The Morgan fingerprint density at radius 1 is 1.04 bits per heavy atom. The van der Waals surface area contributed by atoms with E-state index in [1.165, 1.54) is 11.1 Å². The molecule has 1 aliphatic heterocycles. The largest absolute Gasteiger partial charge is 0.435 e. The Balaban J connectivity index is 1.78. The SMILES string of the molecule is [2H]C([2H])([2H])N1CN(c2c(C)ccc3c2oc2nc(C)ccc23)c2nccnc21. The standard InChI is InChI=1S/C19H17N5O/c1-11-4-6-13-14-7-5-12(2)22-19(14)25-16(13)15(11)24-10-23(3)17-18(24)21-9-8-20-17/h4-9H,10H2,1-3H3/i3D3. The third-order valence-electron chi connectivity index (χ3n) is 4.55. The summed E-state index contributed by atoms with van der Waals surface area (Å²) in [4.78, 5) is 16.3. The fraction of sp³-hybridized carbons (Fsp3) is 0.211. The van der Waals surface area contributed by atoms with Gasteiger partial charge in [0.1, 0.15) is 0 Å². The average Bonchev–Trinajstić information content (AvgIpc) is 3.19. The van der Waals surface area contributed by atoms with Gasteiger partial charge in [0.25, 0.3) is 0 Å². The number of rotatable bonds is 1. The van der Waals surface area contributed by atoms with Gasteiger partial charge >= 0.3 is 0 Å². The molecule has 0 unspecified atom stereocenters. The zero-order chi connectivity index (χ0) is 19.6. The van der Waals surface area contributed by atoms with Crippen LogP contribution in [0.3, 0.4) is 0 Å². The van der Waals surface area contributed by atoms with Crippen LogP contribution in [0.5, 0.6) is 0 Å². The van der Waals surface area contributed by atoms with E-state index in [1.807, 2.05) is 43.0 Å². The second-order valence-electron chi connectivity index (χ2n) is 6.22. The predicted octanol–water partition coefficient (Wildman–Crippen LogP) is 3.93. The number of pyridine rings is 1. The molecule has 0 amide bonds. The molecule has 0 bridgehead atoms. The molecule has 1 aliphatic rings. The van der Waals surface area contributed by atoms with Crippen molar-refractivity contribution in [1.29, 1.82) is 0 Å². The highest BCUT2D eigenvalue weighted by Gasteiger charge is 2.30. The monoisotopic (exact) mass is 334 g/mol. The number of hydrogen-bond donors (Lipinski definition) is 0. The molecule has 124 valence electrons. The maximum atomic E-state index is 7.87. The molecule has 0 aliphatic carbocycles. The summed E-state index contributed by atoms with van der Waals surface area (Å²) < 4.78 is 29.7. The summed E-state index contributed by atoms with van der Waals surface area (Å²) in [7, 11) is 0. The topological polar surface area (TPSA) is 58.3 Å². The molecule has 25 heavy (non-hydrogen) atoms. The van der Waals surface area contributed by atoms with Crippen molar-refractivity contribution in [3.8, 4) is 0 Å². The first-order valence-electron chi connectivity index (χ1n) is 9.50. The Hall–Kier alpha value is -3.15. The average molecular weight is 334 g/mol. The molecule has 0 spiro atoms. The van der Waals surface area contributed by atoms with E-state index in [1.54, 1.807) is 6.20 Å². The van der Waals surface area contributed by atoms with Gasteiger partial charge in [0.15, 0.2) is 17.2 Å². The van der Waals surface area contributed by atoms with Crippen LogP contribution in [0.4, 0.5) is 17.3 Å². The Bertz CT molecular complexity index is 1230. The van der Waals surface area contributed by atoms with Crippen LogP contribution >= 0.6 is 0 Å². The number of anilines is 3. The van der Waals surface area contributed by atoms with Gasteiger partial charge in [-0.15, -0.1) is 0 Å². The maximum absolute atomic E-state index is 7.87. The van der Waals surface area contributed by atoms with Gasteiger partial charge in [-0.3, -0.25) is 0 Å². The molecule has 0 atom stereocenters. The molecule has 0 radical (unpaired) electrons. The minimum atomic E-state index is -2.33. The minimum absolute atomic E-state index is 0.110. The number of fused-ring (bicyclic) bond motifs is 4. The molecule has 0 fully saturated rings. The Labute approximate surface area is 148 Å². The summed E-state index contributed by atoms with van der Waals surface area (Å²) in [5, 5.41) is 1.86. The Morgan fingerprint density at radius 3 is 2.68 bits per heavy atom. The van der Waals surface area contributed by atoms with Gasteiger partial charge < -0.3 is 14.2 Å². The normalized spacial score (nSPS) is 16.2. The lowest BCUT2D eigenvalue weighted by atomic mass is 10.1. The van der Waals surface area contributed by atoms with Crippen molar-refractivity contribution >= 4 is 39.4 Å². The zero-order valence-corrected chi connectivity index (χ0v) is 13.8. The van der Waals surface area contributed by atoms with E-state index in [-0.39, 0.29) is 6.67 Å². The van der Waals surface area contributed by atoms with Gasteiger partial charge in [-0.25, -0.2) is 15.0 Å². The summed E-state index contributed by atoms with van der Waals surface area (Å²) in [5.74, 6) is 0.836. The van der Waals surface area contributed by atoms with Crippen molar-refractivity contribution in [3.63, 3.8) is 0 Å². The summed E-state index contributed by atoms with van der Waals surface area (Å²) in [6.45, 7) is 1.67. The first-order valence-corrected chi connectivity index (χ1v) is 8.00. The molecule has 6 nitrogen and oxygen atoms in total. The molecule has 0 saturated heterocycles. The van der Waals surface area contributed by atoms with Crippen molar-refractivity contribution in [1.82, 2.24) is 15.0 Å². The van der Waals surface area contributed by atoms with Crippen LogP contribution in [0, 0.1) is 13.8 Å². The summed E-state index contributed by atoms with van der Waals surface area (Å²) in [6.07, 6.45) is 3.07. The first kappa shape index (κ1) is 11.4. The van der Waals surface area contributed by atoms with Crippen molar-refractivity contribution in [3.05, 3.63) is 47.9 Å². The third kappa shape index (κ3) is 1.94. The molecule has 0 saturated carbocycles. The Morgan fingerprint density at radius 2 is 1.84 bits per heavy atom. The van der Waals surface area contributed by atoms with Crippen molar-refractivity contribution in [2.75, 3.05) is 23.4 Å². The van der Waals surface area contributed by atoms with Gasteiger partial charge in [-0.1, -0.05) is 12.1 Å². The number of aromatic nitrogens is 3. The van der Waals surface area contributed by atoms with E-state index < -0.39 is 6.98 Å². The molecule has 5 rings (SSSR count). The predicted molar refractivity (Wildman–Crippen MR) is 98.4 cm³/mol. The highest BCUT2D eigenvalue weighted by molar-refractivity contribution is 6.09. The fourth-order valence-electron chi connectivity index (χ4n) is 3.39. The lowest BCUT2D eigenvalue weighted by molar-refractivity contribution is 0.651. The van der Waals surface area contributed by atoms with Crippen molar-refractivity contribution in [2.24, 2.45) is 0 Å². The quantitative estimate of drug-likeness (QED) is 0.525. The number of furan rings is 1.